The van der Waals surface area contributed by atoms with Gasteiger partial charge in [-0.25, -0.2) is 17.8 Å². The first-order valence-electron chi connectivity index (χ1n) is 9.42. The number of aromatic nitrogens is 1. The number of hydrogen-bond donors (Lipinski definition) is 2. The second-order valence-electron chi connectivity index (χ2n) is 7.20. The quantitative estimate of drug-likeness (QED) is 0.361. The smallest absolute Gasteiger partial charge is 0.266 e. The van der Waals surface area contributed by atoms with Crippen molar-refractivity contribution >= 4 is 79.2 Å². The van der Waals surface area contributed by atoms with Gasteiger partial charge in [0.25, 0.3) is 10.0 Å². The molecule has 0 amide bonds. The Hall–Kier alpha value is -1.82. The van der Waals surface area contributed by atoms with Crippen molar-refractivity contribution in [1.29, 1.82) is 0 Å². The Morgan fingerprint density at radius 1 is 1.09 bits per heavy atom. The number of para-hydroxylation sites is 2. The van der Waals surface area contributed by atoms with Crippen LogP contribution >= 0.6 is 46.9 Å². The molecule has 2 N–H and O–H groups in total. The lowest BCUT2D eigenvalue weighted by Gasteiger charge is -2.24. The SMILES string of the molecule is CN(C)CCN(C)c1ccccc1Nc1cc(F)c(S(=O)(=O)Nc2ncc(Cl)s2)cc1Cl.Cl. The summed E-state index contributed by atoms with van der Waals surface area (Å²) in [6.45, 7) is 1.63. The van der Waals surface area contributed by atoms with E-state index in [4.69, 9.17) is 23.2 Å². The fourth-order valence-electron chi connectivity index (χ4n) is 2.83. The van der Waals surface area contributed by atoms with Gasteiger partial charge in [-0.2, -0.15) is 0 Å². The van der Waals surface area contributed by atoms with Crippen LogP contribution in [0.4, 0.5) is 26.6 Å². The van der Waals surface area contributed by atoms with E-state index in [1.165, 1.54) is 6.20 Å². The Balaban J connectivity index is 0.00000385. The fourth-order valence-corrected chi connectivity index (χ4v) is 5.25. The highest BCUT2D eigenvalue weighted by molar-refractivity contribution is 7.93. The maximum absolute atomic E-state index is 14.8. The molecular formula is C20H23Cl3FN5O2S2. The van der Waals surface area contributed by atoms with Crippen molar-refractivity contribution in [3.63, 3.8) is 0 Å². The molecule has 0 atom stereocenters. The van der Waals surface area contributed by atoms with Gasteiger partial charge in [0.2, 0.25) is 0 Å². The third-order valence-electron chi connectivity index (χ3n) is 4.48. The lowest BCUT2D eigenvalue weighted by molar-refractivity contribution is 0.416. The molecule has 0 aliphatic carbocycles. The van der Waals surface area contributed by atoms with E-state index < -0.39 is 20.7 Å². The summed E-state index contributed by atoms with van der Waals surface area (Å²) in [6.07, 6.45) is 1.30. The molecule has 3 aromatic rings. The van der Waals surface area contributed by atoms with Crippen LogP contribution in [0.2, 0.25) is 9.36 Å². The Bertz CT molecular complexity index is 1210. The van der Waals surface area contributed by atoms with Crippen molar-refractivity contribution in [2.45, 2.75) is 4.90 Å². The van der Waals surface area contributed by atoms with Crippen LogP contribution < -0.4 is 14.9 Å². The average Bonchev–Trinajstić information content (AvgIpc) is 3.12. The average molecular weight is 555 g/mol. The van der Waals surface area contributed by atoms with Gasteiger partial charge in [0, 0.05) is 26.2 Å². The molecule has 3 rings (SSSR count). The molecule has 0 saturated heterocycles. The normalized spacial score (nSPS) is 11.2. The fraction of sp³-hybridized carbons (Fsp3) is 0.250. The zero-order valence-corrected chi connectivity index (χ0v) is 21.9. The van der Waals surface area contributed by atoms with Gasteiger partial charge < -0.3 is 15.1 Å². The van der Waals surface area contributed by atoms with Crippen molar-refractivity contribution in [3.8, 4) is 0 Å². The van der Waals surface area contributed by atoms with Crippen molar-refractivity contribution in [2.75, 3.05) is 49.2 Å². The van der Waals surface area contributed by atoms with Crippen LogP contribution in [-0.2, 0) is 10.0 Å². The first-order valence-corrected chi connectivity index (χ1v) is 12.5. The van der Waals surface area contributed by atoms with E-state index in [9.17, 15) is 12.8 Å². The van der Waals surface area contributed by atoms with Gasteiger partial charge in [0.05, 0.1) is 28.3 Å². The lowest BCUT2D eigenvalue weighted by atomic mass is 10.2. The Labute approximate surface area is 213 Å². The maximum Gasteiger partial charge on any atom is 0.266 e. The van der Waals surface area contributed by atoms with E-state index in [1.54, 1.807) is 0 Å². The molecule has 2 aromatic carbocycles. The summed E-state index contributed by atoms with van der Waals surface area (Å²) < 4.78 is 42.5. The van der Waals surface area contributed by atoms with E-state index in [0.29, 0.717) is 10.0 Å². The number of benzene rings is 2. The van der Waals surface area contributed by atoms with Gasteiger partial charge in [-0.15, -0.1) is 12.4 Å². The van der Waals surface area contributed by atoms with Crippen LogP contribution in [0, 0.1) is 5.82 Å². The molecule has 180 valence electrons. The molecule has 0 bridgehead atoms. The van der Waals surface area contributed by atoms with Gasteiger partial charge in [-0.1, -0.05) is 46.7 Å². The molecule has 33 heavy (non-hydrogen) atoms. The van der Waals surface area contributed by atoms with Crippen LogP contribution in [0.3, 0.4) is 0 Å². The predicted octanol–water partition coefficient (Wildman–Crippen LogP) is 5.55. The molecule has 0 saturated carbocycles. The van der Waals surface area contributed by atoms with Crippen molar-refractivity contribution in [2.24, 2.45) is 0 Å². The predicted molar refractivity (Wildman–Crippen MR) is 138 cm³/mol. The second kappa shape index (κ2) is 11.5. The Kier molecular flexibility index (Phi) is 9.59. The van der Waals surface area contributed by atoms with E-state index in [1.807, 2.05) is 45.4 Å². The number of anilines is 4. The minimum Gasteiger partial charge on any atom is -0.372 e. The van der Waals surface area contributed by atoms with E-state index in [-0.39, 0.29) is 28.2 Å². The van der Waals surface area contributed by atoms with Crippen LogP contribution in [0.1, 0.15) is 0 Å². The molecule has 7 nitrogen and oxygen atoms in total. The van der Waals surface area contributed by atoms with Gasteiger partial charge in [0.1, 0.15) is 15.0 Å². The zero-order valence-electron chi connectivity index (χ0n) is 18.0. The number of thiazole rings is 1. The molecule has 1 aromatic heterocycles. The summed E-state index contributed by atoms with van der Waals surface area (Å²) in [6, 6.07) is 9.65. The number of nitrogens with one attached hydrogen (secondary N) is 2. The second-order valence-corrected chi connectivity index (χ2v) is 10.9. The summed E-state index contributed by atoms with van der Waals surface area (Å²) in [4.78, 5) is 7.38. The Morgan fingerprint density at radius 2 is 1.79 bits per heavy atom. The number of halogens is 4. The highest BCUT2D eigenvalue weighted by atomic mass is 35.5. The third-order valence-corrected chi connectivity index (χ3v) is 7.30. The highest BCUT2D eigenvalue weighted by Gasteiger charge is 2.23. The van der Waals surface area contributed by atoms with Crippen molar-refractivity contribution in [3.05, 3.63) is 57.8 Å². The molecule has 0 radical (unpaired) electrons. The number of nitrogens with zero attached hydrogens (tertiary/aromatic N) is 3. The highest BCUT2D eigenvalue weighted by Crippen LogP contribution is 2.35. The monoisotopic (exact) mass is 553 g/mol. The number of hydrogen-bond acceptors (Lipinski definition) is 7. The summed E-state index contributed by atoms with van der Waals surface area (Å²) in [5, 5.41) is 3.19. The summed E-state index contributed by atoms with van der Waals surface area (Å²) in [5.74, 6) is -0.953. The minimum atomic E-state index is -4.24. The number of sulfonamides is 1. The molecule has 0 unspecified atom stereocenters. The summed E-state index contributed by atoms with van der Waals surface area (Å²) >= 11 is 13.0. The lowest BCUT2D eigenvalue weighted by Crippen LogP contribution is -2.28. The van der Waals surface area contributed by atoms with Crippen LogP contribution in [-0.4, -0.2) is 52.5 Å². The number of likely N-dealkylation sites (N-methyl/N-ethyl adjacent to an activating group) is 2. The van der Waals surface area contributed by atoms with Gasteiger partial charge in [0.15, 0.2) is 5.13 Å². The van der Waals surface area contributed by atoms with Crippen LogP contribution in [0.25, 0.3) is 0 Å². The topological polar surface area (TPSA) is 77.6 Å². The molecule has 0 aliphatic rings. The van der Waals surface area contributed by atoms with Gasteiger partial charge in [-0.05, 0) is 32.3 Å². The first-order chi connectivity index (χ1) is 15.1. The first kappa shape index (κ1) is 27.4. The zero-order chi connectivity index (χ0) is 23.5. The van der Waals surface area contributed by atoms with Crippen LogP contribution in [0.15, 0.2) is 47.5 Å². The standard InChI is InChI=1S/C20H22Cl2FN5O2S2.ClH/c1-27(2)8-9-28(3)17-7-5-4-6-15(17)25-16-11-14(23)18(10-13(16)21)32(29,30)26-20-24-12-19(22)31-20;/h4-7,10-12,25H,8-9H2,1-3H3,(H,24,26);1H. The van der Waals surface area contributed by atoms with Crippen molar-refractivity contribution < 1.29 is 12.8 Å². The van der Waals surface area contributed by atoms with E-state index in [0.717, 1.165) is 42.2 Å². The summed E-state index contributed by atoms with van der Waals surface area (Å²) in [7, 11) is 1.70. The van der Waals surface area contributed by atoms with Gasteiger partial charge in [-0.3, -0.25) is 4.72 Å². The van der Waals surface area contributed by atoms with E-state index in [2.05, 4.69) is 24.8 Å². The third kappa shape index (κ3) is 7.08. The molecule has 0 spiro atoms. The van der Waals surface area contributed by atoms with Crippen molar-refractivity contribution in [1.82, 2.24) is 9.88 Å². The van der Waals surface area contributed by atoms with Crippen LogP contribution in [0.5, 0.6) is 0 Å². The molecule has 13 heteroatoms. The Morgan fingerprint density at radius 3 is 2.42 bits per heavy atom. The largest absolute Gasteiger partial charge is 0.372 e. The molecular weight excluding hydrogens is 532 g/mol. The van der Waals surface area contributed by atoms with E-state index >= 15 is 0 Å². The molecule has 1 heterocycles. The maximum atomic E-state index is 14.8. The minimum absolute atomic E-state index is 0. The van der Waals surface area contributed by atoms with Gasteiger partial charge >= 0.3 is 0 Å². The summed E-state index contributed by atoms with van der Waals surface area (Å²) in [5.41, 5.74) is 1.85. The number of rotatable bonds is 9. The molecule has 0 aliphatic heterocycles. The molecule has 0 fully saturated rings.